The maximum atomic E-state index is 12.5. The molecule has 0 aliphatic heterocycles. The van der Waals surface area contributed by atoms with Gasteiger partial charge in [0.1, 0.15) is 0 Å². The molecule has 1 fully saturated rings. The van der Waals surface area contributed by atoms with E-state index in [1.54, 1.807) is 25.2 Å². The zero-order valence-corrected chi connectivity index (χ0v) is 12.2. The number of nitrogens with zero attached hydrogens (tertiary/aromatic N) is 2. The molecule has 2 rings (SSSR count). The maximum Gasteiger partial charge on any atom is 0.274 e. The highest BCUT2D eigenvalue weighted by molar-refractivity contribution is 5.86. The minimum Gasteiger partial charge on any atom is -0.340 e. The number of amides is 1. The van der Waals surface area contributed by atoms with Crippen molar-refractivity contribution in [3.8, 4) is 0 Å². The average molecular weight is 291 g/mol. The zero-order chi connectivity index (χ0) is 15.5. The summed E-state index contributed by atoms with van der Waals surface area (Å²) in [6.07, 6.45) is 4.41. The first kappa shape index (κ1) is 15.4. The van der Waals surface area contributed by atoms with Gasteiger partial charge in [-0.3, -0.25) is 14.9 Å². The highest BCUT2D eigenvalue weighted by atomic mass is 16.6. The molecule has 6 heteroatoms. The van der Waals surface area contributed by atoms with Gasteiger partial charge in [-0.1, -0.05) is 37.5 Å². The number of likely N-dealkylation sites (N-methyl/N-ethyl adjacent to an activating group) is 1. The largest absolute Gasteiger partial charge is 0.340 e. The molecule has 0 atom stereocenters. The lowest BCUT2D eigenvalue weighted by Gasteiger charge is -2.35. The van der Waals surface area contributed by atoms with E-state index >= 15 is 0 Å². The molecule has 1 aliphatic rings. The van der Waals surface area contributed by atoms with Crippen LogP contribution in [0.2, 0.25) is 0 Å². The van der Waals surface area contributed by atoms with Gasteiger partial charge < -0.3 is 10.6 Å². The molecule has 2 N–H and O–H groups in total. The first-order valence-corrected chi connectivity index (χ1v) is 7.21. The number of para-hydroxylation sites is 1. The van der Waals surface area contributed by atoms with E-state index < -0.39 is 10.5 Å². The van der Waals surface area contributed by atoms with Crippen molar-refractivity contribution in [2.45, 2.75) is 44.2 Å². The molecule has 1 amide bonds. The Bertz CT molecular complexity index is 539. The third kappa shape index (κ3) is 3.39. The Hall–Kier alpha value is -1.95. The van der Waals surface area contributed by atoms with E-state index in [1.807, 2.05) is 0 Å². The van der Waals surface area contributed by atoms with Gasteiger partial charge in [-0.25, -0.2) is 0 Å². The zero-order valence-electron chi connectivity index (χ0n) is 12.2. The first-order valence-electron chi connectivity index (χ1n) is 7.21. The predicted octanol–water partition coefficient (Wildman–Crippen LogP) is 2.21. The summed E-state index contributed by atoms with van der Waals surface area (Å²) in [5, 5.41) is 11.0. The Labute approximate surface area is 124 Å². The third-order valence-electron chi connectivity index (χ3n) is 4.11. The number of benzene rings is 1. The Morgan fingerprint density at radius 3 is 2.57 bits per heavy atom. The van der Waals surface area contributed by atoms with Crippen molar-refractivity contribution < 1.29 is 9.72 Å². The predicted molar refractivity (Wildman–Crippen MR) is 79.6 cm³/mol. The smallest absolute Gasteiger partial charge is 0.274 e. The normalized spacial score (nSPS) is 17.2. The molecule has 114 valence electrons. The van der Waals surface area contributed by atoms with Crippen molar-refractivity contribution in [2.75, 3.05) is 7.05 Å². The Morgan fingerprint density at radius 1 is 1.33 bits per heavy atom. The second-order valence-electron chi connectivity index (χ2n) is 5.76. The Kier molecular flexibility index (Phi) is 4.57. The van der Waals surface area contributed by atoms with Crippen LogP contribution in [0.15, 0.2) is 24.3 Å². The van der Waals surface area contributed by atoms with E-state index in [-0.39, 0.29) is 18.1 Å². The number of rotatable bonds is 4. The van der Waals surface area contributed by atoms with Gasteiger partial charge in [0.2, 0.25) is 5.91 Å². The summed E-state index contributed by atoms with van der Waals surface area (Å²) in [7, 11) is 1.66. The van der Waals surface area contributed by atoms with Crippen LogP contribution in [0.25, 0.3) is 0 Å². The number of nitro groups is 1. The summed E-state index contributed by atoms with van der Waals surface area (Å²) < 4.78 is 0. The molecule has 1 saturated carbocycles. The van der Waals surface area contributed by atoms with E-state index in [0.717, 1.165) is 19.3 Å². The number of hydrogen-bond acceptors (Lipinski definition) is 4. The molecule has 1 aromatic rings. The summed E-state index contributed by atoms with van der Waals surface area (Å²) in [6, 6.07) is 6.48. The van der Waals surface area contributed by atoms with Crippen molar-refractivity contribution in [3.05, 3.63) is 39.9 Å². The topological polar surface area (TPSA) is 89.5 Å². The second-order valence-corrected chi connectivity index (χ2v) is 5.76. The number of carbonyl (C=O) groups excluding carboxylic acids is 1. The summed E-state index contributed by atoms with van der Waals surface area (Å²) in [5.41, 5.74) is 5.98. The lowest BCUT2D eigenvalue weighted by Crippen LogP contribution is -2.55. The van der Waals surface area contributed by atoms with Crippen LogP contribution >= 0.6 is 0 Å². The van der Waals surface area contributed by atoms with Crippen LogP contribution in [-0.4, -0.2) is 28.3 Å². The SMILES string of the molecule is CN(Cc1ccccc1[N+](=O)[O-])C(=O)C1(N)CCCCC1. The number of nitro benzene ring substituents is 1. The first-order chi connectivity index (χ1) is 9.94. The number of hydrogen-bond donors (Lipinski definition) is 1. The molecule has 0 saturated heterocycles. The molecule has 0 bridgehead atoms. The molecule has 0 heterocycles. The van der Waals surface area contributed by atoms with Crippen molar-refractivity contribution in [2.24, 2.45) is 5.73 Å². The van der Waals surface area contributed by atoms with Gasteiger partial charge in [-0.05, 0) is 12.8 Å². The van der Waals surface area contributed by atoms with Crippen LogP contribution in [0.1, 0.15) is 37.7 Å². The van der Waals surface area contributed by atoms with Crippen molar-refractivity contribution in [1.82, 2.24) is 4.90 Å². The lowest BCUT2D eigenvalue weighted by molar-refractivity contribution is -0.385. The van der Waals surface area contributed by atoms with Crippen LogP contribution in [0.3, 0.4) is 0 Å². The van der Waals surface area contributed by atoms with Gasteiger partial charge >= 0.3 is 0 Å². The lowest BCUT2D eigenvalue weighted by atomic mass is 9.81. The maximum absolute atomic E-state index is 12.5. The van der Waals surface area contributed by atoms with E-state index in [1.165, 1.54) is 11.0 Å². The fraction of sp³-hybridized carbons (Fsp3) is 0.533. The van der Waals surface area contributed by atoms with Gasteiger partial charge in [-0.2, -0.15) is 0 Å². The molecule has 1 aromatic carbocycles. The highest BCUT2D eigenvalue weighted by Crippen LogP contribution is 2.28. The Morgan fingerprint density at radius 2 is 1.95 bits per heavy atom. The van der Waals surface area contributed by atoms with Gasteiger partial charge in [-0.15, -0.1) is 0 Å². The van der Waals surface area contributed by atoms with E-state index in [4.69, 9.17) is 5.73 Å². The van der Waals surface area contributed by atoms with Crippen LogP contribution in [0.4, 0.5) is 5.69 Å². The Balaban J connectivity index is 2.12. The van der Waals surface area contributed by atoms with Crippen molar-refractivity contribution in [3.63, 3.8) is 0 Å². The summed E-state index contributed by atoms with van der Waals surface area (Å²) in [6.45, 7) is 0.203. The molecule has 0 radical (unpaired) electrons. The standard InChI is InChI=1S/C15H21N3O3/c1-17(14(19)15(16)9-5-2-6-10-15)11-12-7-3-4-8-13(12)18(20)21/h3-4,7-8H,2,5-6,9-11,16H2,1H3. The van der Waals surface area contributed by atoms with E-state index in [0.29, 0.717) is 18.4 Å². The van der Waals surface area contributed by atoms with Crippen LogP contribution in [0.5, 0.6) is 0 Å². The molecule has 6 nitrogen and oxygen atoms in total. The van der Waals surface area contributed by atoms with Gasteiger partial charge in [0.05, 0.1) is 17.0 Å². The van der Waals surface area contributed by atoms with Crippen LogP contribution in [0, 0.1) is 10.1 Å². The number of carbonyl (C=O) groups is 1. The molecule has 1 aliphatic carbocycles. The summed E-state index contributed by atoms with van der Waals surface area (Å²) in [5.74, 6) is -0.125. The monoisotopic (exact) mass is 291 g/mol. The molecule has 0 spiro atoms. The van der Waals surface area contributed by atoms with Crippen molar-refractivity contribution >= 4 is 11.6 Å². The van der Waals surface area contributed by atoms with Crippen molar-refractivity contribution in [1.29, 1.82) is 0 Å². The molecule has 0 unspecified atom stereocenters. The molecule has 0 aromatic heterocycles. The van der Waals surface area contributed by atoms with E-state index in [9.17, 15) is 14.9 Å². The molecular formula is C15H21N3O3. The minimum absolute atomic E-state index is 0.0341. The van der Waals surface area contributed by atoms with Crippen LogP contribution in [-0.2, 0) is 11.3 Å². The summed E-state index contributed by atoms with van der Waals surface area (Å²) >= 11 is 0. The van der Waals surface area contributed by atoms with Gasteiger partial charge in [0, 0.05) is 18.7 Å². The minimum atomic E-state index is -0.809. The van der Waals surface area contributed by atoms with Gasteiger partial charge in [0.25, 0.3) is 5.69 Å². The summed E-state index contributed by atoms with van der Waals surface area (Å²) in [4.78, 5) is 24.6. The average Bonchev–Trinajstić information content (AvgIpc) is 2.47. The second kappa shape index (κ2) is 6.22. The molecular weight excluding hydrogens is 270 g/mol. The number of nitrogens with two attached hydrogens (primary N) is 1. The van der Waals surface area contributed by atoms with Crippen LogP contribution < -0.4 is 5.73 Å². The third-order valence-corrected chi connectivity index (χ3v) is 4.11. The molecule has 21 heavy (non-hydrogen) atoms. The fourth-order valence-electron chi connectivity index (χ4n) is 2.93. The fourth-order valence-corrected chi connectivity index (χ4v) is 2.93. The van der Waals surface area contributed by atoms with Gasteiger partial charge in [0.15, 0.2) is 0 Å². The quantitative estimate of drug-likeness (QED) is 0.680. The highest BCUT2D eigenvalue weighted by Gasteiger charge is 2.37. The van der Waals surface area contributed by atoms with E-state index in [2.05, 4.69) is 0 Å².